The summed E-state index contributed by atoms with van der Waals surface area (Å²) in [4.78, 5) is 71.9. The summed E-state index contributed by atoms with van der Waals surface area (Å²) in [6.07, 6.45) is 31.0. The molecule has 3 unspecified atom stereocenters. The fourth-order valence-corrected chi connectivity index (χ4v) is 10.3. The maximum Gasteiger partial charge on any atom is 0.472 e. The van der Waals surface area contributed by atoms with Crippen LogP contribution in [0.1, 0.15) is 286 Å². The third kappa shape index (κ3) is 53.8. The van der Waals surface area contributed by atoms with Crippen LogP contribution in [-0.2, 0) is 65.4 Å². The molecule has 19 heteroatoms. The lowest BCUT2D eigenvalue weighted by Gasteiger charge is -2.21. The van der Waals surface area contributed by atoms with Gasteiger partial charge in [-0.15, -0.1) is 0 Å². The molecule has 0 radical (unpaired) electrons. The Hall–Kier alpha value is -1.94. The highest BCUT2D eigenvalue weighted by atomic mass is 31.2. The third-order valence-corrected chi connectivity index (χ3v) is 15.9. The number of ether oxygens (including phenoxy) is 4. The molecule has 0 spiro atoms. The van der Waals surface area contributed by atoms with E-state index in [-0.39, 0.29) is 25.7 Å². The normalized spacial score (nSPS) is 14.8. The van der Waals surface area contributed by atoms with Crippen molar-refractivity contribution in [1.29, 1.82) is 0 Å². The highest BCUT2D eigenvalue weighted by molar-refractivity contribution is 7.47. The molecule has 0 bridgehead atoms. The van der Waals surface area contributed by atoms with Crippen molar-refractivity contribution >= 4 is 39.5 Å². The van der Waals surface area contributed by atoms with Gasteiger partial charge in [0.05, 0.1) is 26.4 Å². The Labute approximate surface area is 479 Å². The SMILES string of the molecule is CCCCCCCCCC(=O)OC[C@H](COP(=O)(O)OC[C@H](O)COP(=O)(O)OC[C@@H](COC(=O)CCCCCCCCCCC(C)C)OC(=O)CCCCCCCCCCC(C)C)OC(=O)CCCCCCCCC(C)CC. The van der Waals surface area contributed by atoms with Gasteiger partial charge in [0.2, 0.25) is 0 Å². The molecular weight excluding hydrogens is 1050 g/mol. The minimum atomic E-state index is -4.94. The van der Waals surface area contributed by atoms with E-state index in [0.29, 0.717) is 25.7 Å². The molecule has 0 aliphatic carbocycles. The van der Waals surface area contributed by atoms with Gasteiger partial charge in [-0.1, -0.05) is 235 Å². The van der Waals surface area contributed by atoms with Gasteiger partial charge in [-0.25, -0.2) is 9.13 Å². The summed E-state index contributed by atoms with van der Waals surface area (Å²) < 4.78 is 67.7. The van der Waals surface area contributed by atoms with Gasteiger partial charge in [0.1, 0.15) is 19.3 Å². The van der Waals surface area contributed by atoms with Crippen molar-refractivity contribution in [3.8, 4) is 0 Å². The highest BCUT2D eigenvalue weighted by Crippen LogP contribution is 2.45. The summed E-state index contributed by atoms with van der Waals surface area (Å²) in [5, 5.41) is 10.5. The number of unbranched alkanes of at least 4 members (excludes halogenated alkanes) is 25. The number of rotatable bonds is 58. The number of hydrogen-bond acceptors (Lipinski definition) is 15. The number of phosphoric acid groups is 2. The van der Waals surface area contributed by atoms with Crippen LogP contribution in [0.4, 0.5) is 0 Å². The Morgan fingerprint density at radius 1 is 0.367 bits per heavy atom. The quantitative estimate of drug-likeness (QED) is 0.0222. The monoisotopic (exact) mass is 1170 g/mol. The second-order valence-corrected chi connectivity index (χ2v) is 25.8. The second kappa shape index (κ2) is 51.7. The molecule has 0 aliphatic heterocycles. The first-order valence-corrected chi connectivity index (χ1v) is 34.4. The molecule has 0 saturated heterocycles. The van der Waals surface area contributed by atoms with Crippen LogP contribution >= 0.6 is 15.6 Å². The number of carbonyl (C=O) groups excluding carboxylic acids is 4. The summed E-state index contributed by atoms with van der Waals surface area (Å²) in [5.41, 5.74) is 0. The van der Waals surface area contributed by atoms with E-state index < -0.39 is 97.5 Å². The van der Waals surface area contributed by atoms with Gasteiger partial charge in [0.15, 0.2) is 12.2 Å². The topological polar surface area (TPSA) is 237 Å². The largest absolute Gasteiger partial charge is 0.472 e. The fourth-order valence-electron chi connectivity index (χ4n) is 8.74. The molecule has 0 aliphatic rings. The van der Waals surface area contributed by atoms with Gasteiger partial charge in [0.25, 0.3) is 0 Å². The molecule has 468 valence electrons. The molecule has 0 aromatic carbocycles. The van der Waals surface area contributed by atoms with E-state index in [1.54, 1.807) is 0 Å². The average Bonchev–Trinajstić information content (AvgIpc) is 3.40. The summed E-state index contributed by atoms with van der Waals surface area (Å²) in [5.74, 6) is 0.0153. The van der Waals surface area contributed by atoms with Gasteiger partial charge in [-0.2, -0.15) is 0 Å². The highest BCUT2D eigenvalue weighted by Gasteiger charge is 2.30. The number of aliphatic hydroxyl groups is 1. The third-order valence-electron chi connectivity index (χ3n) is 14.0. The van der Waals surface area contributed by atoms with Crippen molar-refractivity contribution in [3.63, 3.8) is 0 Å². The maximum absolute atomic E-state index is 12.9. The number of phosphoric ester groups is 2. The van der Waals surface area contributed by atoms with E-state index in [2.05, 4.69) is 48.5 Å². The van der Waals surface area contributed by atoms with E-state index in [1.807, 2.05) is 0 Å². The fraction of sp³-hybridized carbons (Fsp3) is 0.933. The van der Waals surface area contributed by atoms with E-state index >= 15 is 0 Å². The van der Waals surface area contributed by atoms with Crippen molar-refractivity contribution in [2.45, 2.75) is 304 Å². The van der Waals surface area contributed by atoms with Gasteiger partial charge >= 0.3 is 39.5 Å². The first-order valence-electron chi connectivity index (χ1n) is 31.4. The van der Waals surface area contributed by atoms with Crippen molar-refractivity contribution in [2.24, 2.45) is 17.8 Å². The van der Waals surface area contributed by atoms with Gasteiger partial charge in [-0.05, 0) is 43.4 Å². The lowest BCUT2D eigenvalue weighted by molar-refractivity contribution is -0.161. The smallest absolute Gasteiger partial charge is 0.462 e. The molecule has 79 heavy (non-hydrogen) atoms. The van der Waals surface area contributed by atoms with Gasteiger partial charge in [0, 0.05) is 25.7 Å². The maximum atomic E-state index is 12.9. The number of esters is 4. The zero-order chi connectivity index (χ0) is 58.8. The molecule has 6 atom stereocenters. The zero-order valence-corrected chi connectivity index (χ0v) is 52.6. The standard InChI is InChI=1S/C60H116O17P2/c1-8-10-11-12-17-27-34-41-57(62)70-47-56(77-60(65)44-37-30-23-22-26-33-40-53(7)9-2)50-75-79(68,69)73-46-54(61)45-72-78(66,67)74-49-55(76-59(64)43-36-29-21-16-14-19-25-32-39-52(5)6)48-71-58(63)42-35-28-20-15-13-18-24-31-38-51(3)4/h51-56,61H,8-50H2,1-7H3,(H,66,67)(H,68,69)/t53?,54-,55-,56-/m1/s1. The zero-order valence-electron chi connectivity index (χ0n) is 50.8. The number of aliphatic hydroxyl groups excluding tert-OH is 1. The molecule has 0 aromatic rings. The van der Waals surface area contributed by atoms with Crippen LogP contribution < -0.4 is 0 Å². The molecule has 0 rings (SSSR count). The van der Waals surface area contributed by atoms with E-state index in [9.17, 15) is 43.2 Å². The number of carbonyl (C=O) groups is 4. The molecular formula is C60H116O17P2. The van der Waals surface area contributed by atoms with Crippen LogP contribution in [-0.4, -0.2) is 96.7 Å². The molecule has 17 nitrogen and oxygen atoms in total. The van der Waals surface area contributed by atoms with Crippen LogP contribution in [0.25, 0.3) is 0 Å². The Kier molecular flexibility index (Phi) is 50.4. The predicted octanol–water partition coefficient (Wildman–Crippen LogP) is 15.9. The Morgan fingerprint density at radius 3 is 0.962 bits per heavy atom. The lowest BCUT2D eigenvalue weighted by atomic mass is 10.00. The summed E-state index contributed by atoms with van der Waals surface area (Å²) in [7, 11) is -9.88. The molecule has 3 N–H and O–H groups in total. The van der Waals surface area contributed by atoms with Gasteiger partial charge < -0.3 is 33.8 Å². The molecule has 0 saturated carbocycles. The van der Waals surface area contributed by atoms with Gasteiger partial charge in [-0.3, -0.25) is 37.3 Å². The van der Waals surface area contributed by atoms with Crippen LogP contribution in [0.2, 0.25) is 0 Å². The number of hydrogen-bond donors (Lipinski definition) is 3. The molecule has 0 fully saturated rings. The molecule has 0 aromatic heterocycles. The Morgan fingerprint density at radius 2 is 0.646 bits per heavy atom. The van der Waals surface area contributed by atoms with Crippen LogP contribution in [0.3, 0.4) is 0 Å². The Bertz CT molecular complexity index is 1580. The predicted molar refractivity (Wildman–Crippen MR) is 312 cm³/mol. The molecule has 0 amide bonds. The Balaban J connectivity index is 5.23. The summed E-state index contributed by atoms with van der Waals surface area (Å²) >= 11 is 0. The van der Waals surface area contributed by atoms with Crippen molar-refractivity contribution in [2.75, 3.05) is 39.6 Å². The van der Waals surface area contributed by atoms with Crippen LogP contribution in [0, 0.1) is 17.8 Å². The van der Waals surface area contributed by atoms with Crippen LogP contribution in [0.15, 0.2) is 0 Å². The van der Waals surface area contributed by atoms with Crippen molar-refractivity contribution in [1.82, 2.24) is 0 Å². The van der Waals surface area contributed by atoms with E-state index in [0.717, 1.165) is 120 Å². The minimum Gasteiger partial charge on any atom is -0.462 e. The van der Waals surface area contributed by atoms with E-state index in [1.165, 1.54) is 83.5 Å². The molecule has 0 heterocycles. The van der Waals surface area contributed by atoms with E-state index in [4.69, 9.17) is 37.0 Å². The lowest BCUT2D eigenvalue weighted by Crippen LogP contribution is -2.30. The van der Waals surface area contributed by atoms with Crippen molar-refractivity contribution in [3.05, 3.63) is 0 Å². The summed E-state index contributed by atoms with van der Waals surface area (Å²) in [6.45, 7) is 11.6. The second-order valence-electron chi connectivity index (χ2n) is 22.9. The first-order chi connectivity index (χ1) is 37.8. The minimum absolute atomic E-state index is 0.102. The first kappa shape index (κ1) is 77.1. The van der Waals surface area contributed by atoms with Crippen molar-refractivity contribution < 1.29 is 80.2 Å². The van der Waals surface area contributed by atoms with Crippen LogP contribution in [0.5, 0.6) is 0 Å². The average molecular weight is 1170 g/mol. The summed E-state index contributed by atoms with van der Waals surface area (Å²) in [6, 6.07) is 0.